The number of aliphatic hydroxyl groups is 1. The number of rotatable bonds is 6. The lowest BCUT2D eigenvalue weighted by Gasteiger charge is -2.19. The molecule has 1 amide bonds. The number of amides is 1. The van der Waals surface area contributed by atoms with Gasteiger partial charge in [0.1, 0.15) is 5.60 Å². The van der Waals surface area contributed by atoms with Crippen molar-refractivity contribution in [1.82, 2.24) is 5.32 Å². The molecule has 0 unspecified atom stereocenters. The van der Waals surface area contributed by atoms with E-state index in [2.05, 4.69) is 10.6 Å². The number of benzene rings is 1. The average Bonchev–Trinajstić information content (AvgIpc) is 2.33. The molecule has 0 spiro atoms. The second-order valence-electron chi connectivity index (χ2n) is 7.06. The van der Waals surface area contributed by atoms with Crippen LogP contribution in [0.4, 0.5) is 10.5 Å². The van der Waals surface area contributed by atoms with Crippen molar-refractivity contribution >= 4 is 11.8 Å². The van der Waals surface area contributed by atoms with Crippen LogP contribution in [0.3, 0.4) is 0 Å². The van der Waals surface area contributed by atoms with Crippen LogP contribution >= 0.6 is 0 Å². The van der Waals surface area contributed by atoms with E-state index in [-0.39, 0.29) is 0 Å². The summed E-state index contributed by atoms with van der Waals surface area (Å²) in [5.41, 5.74) is 0.669. The highest BCUT2D eigenvalue weighted by Crippen LogP contribution is 2.13. The molecular weight excluding hydrogens is 280 g/mol. The average molecular weight is 308 g/mol. The zero-order chi connectivity index (χ0) is 16.8. The number of hydrogen-bond acceptors (Lipinski definition) is 4. The largest absolute Gasteiger partial charge is 0.444 e. The first-order valence-corrected chi connectivity index (χ1v) is 7.57. The van der Waals surface area contributed by atoms with Crippen LogP contribution in [0.5, 0.6) is 0 Å². The van der Waals surface area contributed by atoms with Gasteiger partial charge in [-0.3, -0.25) is 5.32 Å². The summed E-state index contributed by atoms with van der Waals surface area (Å²) in [6.45, 7) is 10.6. The molecule has 0 radical (unpaired) electrons. The summed E-state index contributed by atoms with van der Waals surface area (Å²) < 4.78 is 5.20. The van der Waals surface area contributed by atoms with Crippen LogP contribution in [-0.4, -0.2) is 28.9 Å². The Morgan fingerprint density at radius 2 is 1.73 bits per heavy atom. The van der Waals surface area contributed by atoms with Gasteiger partial charge >= 0.3 is 6.09 Å². The quantitative estimate of drug-likeness (QED) is 0.705. The monoisotopic (exact) mass is 308 g/mol. The van der Waals surface area contributed by atoms with E-state index >= 15 is 0 Å². The number of nitrogens with one attached hydrogen (secondary N) is 2. The van der Waals surface area contributed by atoms with Crippen molar-refractivity contribution in [2.75, 3.05) is 11.9 Å². The minimum absolute atomic E-state index is 0.455. The third kappa shape index (κ3) is 8.64. The van der Waals surface area contributed by atoms with Crippen molar-refractivity contribution in [1.29, 1.82) is 0 Å². The molecule has 3 N–H and O–H groups in total. The molecule has 0 saturated heterocycles. The lowest BCUT2D eigenvalue weighted by Crippen LogP contribution is -2.27. The second kappa shape index (κ2) is 7.61. The molecule has 0 aromatic heterocycles. The van der Waals surface area contributed by atoms with Gasteiger partial charge in [0, 0.05) is 12.2 Å². The molecule has 0 bridgehead atoms. The SMILES string of the molecule is CC(C)(O)CCNCc1ccc(NC(=O)OC(C)(C)C)cc1. The van der Waals surface area contributed by atoms with Crippen LogP contribution in [0.15, 0.2) is 24.3 Å². The molecule has 5 nitrogen and oxygen atoms in total. The highest BCUT2D eigenvalue weighted by atomic mass is 16.6. The molecule has 22 heavy (non-hydrogen) atoms. The molecule has 0 aliphatic carbocycles. The standard InChI is InChI=1S/C17H28N2O3/c1-16(2,3)22-15(20)19-14-8-6-13(7-9-14)12-18-11-10-17(4,5)21/h6-9,18,21H,10-12H2,1-5H3,(H,19,20). The van der Waals surface area contributed by atoms with Crippen molar-refractivity contribution < 1.29 is 14.6 Å². The molecule has 1 rings (SSSR count). The molecule has 1 aromatic rings. The number of anilines is 1. The predicted molar refractivity (Wildman–Crippen MR) is 88.9 cm³/mol. The molecule has 0 fully saturated rings. The van der Waals surface area contributed by atoms with Crippen LogP contribution in [0.2, 0.25) is 0 Å². The highest BCUT2D eigenvalue weighted by molar-refractivity contribution is 5.84. The van der Waals surface area contributed by atoms with Crippen LogP contribution in [0, 0.1) is 0 Å². The normalized spacial score (nSPS) is 12.1. The first kappa shape index (κ1) is 18.5. The van der Waals surface area contributed by atoms with Gasteiger partial charge in [0.25, 0.3) is 0 Å². The van der Waals surface area contributed by atoms with E-state index in [9.17, 15) is 9.90 Å². The van der Waals surface area contributed by atoms with E-state index < -0.39 is 17.3 Å². The zero-order valence-corrected chi connectivity index (χ0v) is 14.2. The summed E-state index contributed by atoms with van der Waals surface area (Å²) >= 11 is 0. The molecular formula is C17H28N2O3. The molecule has 5 heteroatoms. The minimum atomic E-state index is -0.645. The number of carbonyl (C=O) groups is 1. The first-order chi connectivity index (χ1) is 10.1. The number of hydrogen-bond donors (Lipinski definition) is 3. The third-order valence-electron chi connectivity index (χ3n) is 2.84. The molecule has 0 atom stereocenters. The maximum absolute atomic E-state index is 11.6. The summed E-state index contributed by atoms with van der Waals surface area (Å²) in [6.07, 6.45) is 0.245. The van der Waals surface area contributed by atoms with Crippen molar-refractivity contribution in [2.45, 2.75) is 58.8 Å². The second-order valence-corrected chi connectivity index (χ2v) is 7.06. The van der Waals surface area contributed by atoms with Crippen LogP contribution < -0.4 is 10.6 Å². The van der Waals surface area contributed by atoms with Gasteiger partial charge in [-0.15, -0.1) is 0 Å². The number of ether oxygens (including phenoxy) is 1. The maximum atomic E-state index is 11.6. The Morgan fingerprint density at radius 1 is 1.14 bits per heavy atom. The predicted octanol–water partition coefficient (Wildman–Crippen LogP) is 3.28. The lowest BCUT2D eigenvalue weighted by atomic mass is 10.1. The van der Waals surface area contributed by atoms with E-state index in [1.54, 1.807) is 13.8 Å². The summed E-state index contributed by atoms with van der Waals surface area (Å²) in [4.78, 5) is 11.6. The maximum Gasteiger partial charge on any atom is 0.412 e. The fraction of sp³-hybridized carbons (Fsp3) is 0.588. The van der Waals surface area contributed by atoms with Crippen molar-refractivity contribution in [2.24, 2.45) is 0 Å². The van der Waals surface area contributed by atoms with Crippen molar-refractivity contribution in [3.05, 3.63) is 29.8 Å². The number of carbonyl (C=O) groups excluding carboxylic acids is 1. The van der Waals surface area contributed by atoms with Gasteiger partial charge in [-0.2, -0.15) is 0 Å². The van der Waals surface area contributed by atoms with Gasteiger partial charge in [0.2, 0.25) is 0 Å². The summed E-state index contributed by atoms with van der Waals surface area (Å²) in [5, 5.41) is 15.6. The van der Waals surface area contributed by atoms with E-state index in [0.29, 0.717) is 12.1 Å². The van der Waals surface area contributed by atoms with E-state index in [1.165, 1.54) is 0 Å². The lowest BCUT2D eigenvalue weighted by molar-refractivity contribution is 0.0635. The van der Waals surface area contributed by atoms with Gasteiger partial charge in [-0.05, 0) is 65.3 Å². The van der Waals surface area contributed by atoms with Gasteiger partial charge in [0.15, 0.2) is 0 Å². The van der Waals surface area contributed by atoms with Crippen LogP contribution in [0.25, 0.3) is 0 Å². The molecule has 0 aliphatic heterocycles. The summed E-state index contributed by atoms with van der Waals surface area (Å²) in [7, 11) is 0. The molecule has 0 saturated carbocycles. The fourth-order valence-corrected chi connectivity index (χ4v) is 1.75. The van der Waals surface area contributed by atoms with Gasteiger partial charge in [-0.1, -0.05) is 12.1 Å². The van der Waals surface area contributed by atoms with E-state index in [1.807, 2.05) is 45.0 Å². The zero-order valence-electron chi connectivity index (χ0n) is 14.2. The molecule has 124 valence electrons. The third-order valence-corrected chi connectivity index (χ3v) is 2.84. The van der Waals surface area contributed by atoms with E-state index in [4.69, 9.17) is 4.74 Å². The van der Waals surface area contributed by atoms with Gasteiger partial charge in [0.05, 0.1) is 5.60 Å². The Labute approximate surface area is 133 Å². The Hall–Kier alpha value is -1.59. The molecule has 0 heterocycles. The van der Waals surface area contributed by atoms with Gasteiger partial charge < -0.3 is 15.2 Å². The fourth-order valence-electron chi connectivity index (χ4n) is 1.75. The molecule has 1 aromatic carbocycles. The Kier molecular flexibility index (Phi) is 6.38. The topological polar surface area (TPSA) is 70.6 Å². The Bertz CT molecular complexity index is 470. The summed E-state index contributed by atoms with van der Waals surface area (Å²) in [6, 6.07) is 7.58. The summed E-state index contributed by atoms with van der Waals surface area (Å²) in [5.74, 6) is 0. The molecule has 0 aliphatic rings. The van der Waals surface area contributed by atoms with Crippen LogP contribution in [0.1, 0.15) is 46.6 Å². The van der Waals surface area contributed by atoms with Crippen molar-refractivity contribution in [3.63, 3.8) is 0 Å². The minimum Gasteiger partial charge on any atom is -0.444 e. The van der Waals surface area contributed by atoms with Crippen molar-refractivity contribution in [3.8, 4) is 0 Å². The first-order valence-electron chi connectivity index (χ1n) is 7.57. The van der Waals surface area contributed by atoms with Gasteiger partial charge in [-0.25, -0.2) is 4.79 Å². The Balaban J connectivity index is 2.38. The Morgan fingerprint density at radius 3 is 2.23 bits per heavy atom. The van der Waals surface area contributed by atoms with E-state index in [0.717, 1.165) is 18.7 Å². The van der Waals surface area contributed by atoms with Crippen LogP contribution in [-0.2, 0) is 11.3 Å². The highest BCUT2D eigenvalue weighted by Gasteiger charge is 2.16. The smallest absolute Gasteiger partial charge is 0.412 e.